The van der Waals surface area contributed by atoms with Gasteiger partial charge in [-0.2, -0.15) is 0 Å². The van der Waals surface area contributed by atoms with Crippen molar-refractivity contribution in [3.63, 3.8) is 0 Å². The van der Waals surface area contributed by atoms with Crippen molar-refractivity contribution in [3.05, 3.63) is 0 Å². The molecule has 3 amide bonds. The molecule has 0 aromatic rings. The number of unbranched alkanes of at least 4 members (excludes halogenated alkanes) is 1. The Morgan fingerprint density at radius 1 is 1.28 bits per heavy atom. The summed E-state index contributed by atoms with van der Waals surface area (Å²) in [4.78, 5) is 25.1. The molecule has 0 radical (unpaired) electrons. The zero-order chi connectivity index (χ0) is 13.4. The Labute approximate surface area is 109 Å². The van der Waals surface area contributed by atoms with Crippen molar-refractivity contribution >= 4 is 11.9 Å². The average molecular weight is 255 g/mol. The zero-order valence-corrected chi connectivity index (χ0v) is 11.5. The summed E-state index contributed by atoms with van der Waals surface area (Å²) in [5, 5.41) is 5.03. The molecule has 5 heteroatoms. The number of amides is 3. The van der Waals surface area contributed by atoms with E-state index in [2.05, 4.69) is 17.6 Å². The lowest BCUT2D eigenvalue weighted by atomic mass is 10.2. The molecule has 1 aliphatic rings. The van der Waals surface area contributed by atoms with Gasteiger partial charge in [-0.05, 0) is 26.3 Å². The minimum absolute atomic E-state index is 0.224. The summed E-state index contributed by atoms with van der Waals surface area (Å²) < 4.78 is 0. The fourth-order valence-electron chi connectivity index (χ4n) is 2.29. The third kappa shape index (κ3) is 5.49. The molecule has 0 aromatic heterocycles. The molecule has 0 atom stereocenters. The van der Waals surface area contributed by atoms with E-state index in [-0.39, 0.29) is 11.9 Å². The van der Waals surface area contributed by atoms with Crippen molar-refractivity contribution in [1.82, 2.24) is 15.5 Å². The Kier molecular flexibility index (Phi) is 6.72. The zero-order valence-electron chi connectivity index (χ0n) is 11.5. The van der Waals surface area contributed by atoms with Crippen LogP contribution in [-0.4, -0.2) is 43.0 Å². The van der Waals surface area contributed by atoms with Crippen molar-refractivity contribution in [3.8, 4) is 0 Å². The molecule has 18 heavy (non-hydrogen) atoms. The van der Waals surface area contributed by atoms with Crippen LogP contribution in [0.5, 0.6) is 0 Å². The molecule has 0 aromatic carbocycles. The fourth-order valence-corrected chi connectivity index (χ4v) is 2.29. The third-order valence-electron chi connectivity index (χ3n) is 3.41. The fraction of sp³-hybridized carbons (Fsp3) is 0.846. The number of nitrogens with zero attached hydrogens (tertiary/aromatic N) is 1. The van der Waals surface area contributed by atoms with E-state index >= 15 is 0 Å². The first-order valence-corrected chi connectivity index (χ1v) is 6.91. The molecule has 0 spiro atoms. The van der Waals surface area contributed by atoms with E-state index in [1.165, 1.54) is 12.8 Å². The van der Waals surface area contributed by atoms with Crippen molar-refractivity contribution in [1.29, 1.82) is 0 Å². The van der Waals surface area contributed by atoms with Gasteiger partial charge in [0.25, 0.3) is 0 Å². The van der Waals surface area contributed by atoms with Crippen molar-refractivity contribution < 1.29 is 9.59 Å². The summed E-state index contributed by atoms with van der Waals surface area (Å²) in [7, 11) is 1.95. The van der Waals surface area contributed by atoms with Crippen LogP contribution in [0.15, 0.2) is 0 Å². The van der Waals surface area contributed by atoms with Crippen LogP contribution in [-0.2, 0) is 4.79 Å². The quantitative estimate of drug-likeness (QED) is 0.707. The second-order valence-corrected chi connectivity index (χ2v) is 5.01. The van der Waals surface area contributed by atoms with Crippen molar-refractivity contribution in [2.45, 2.75) is 51.5 Å². The molecule has 0 bridgehead atoms. The Balaban J connectivity index is 2.17. The number of hydrogen-bond donors (Lipinski definition) is 2. The van der Waals surface area contributed by atoms with E-state index in [0.717, 1.165) is 25.7 Å². The lowest BCUT2D eigenvalue weighted by Gasteiger charge is -2.22. The average Bonchev–Trinajstić information content (AvgIpc) is 2.82. The van der Waals surface area contributed by atoms with Gasteiger partial charge in [-0.15, -0.1) is 0 Å². The number of urea groups is 1. The van der Waals surface area contributed by atoms with Gasteiger partial charge in [0.15, 0.2) is 0 Å². The molecule has 104 valence electrons. The first-order valence-electron chi connectivity index (χ1n) is 6.91. The van der Waals surface area contributed by atoms with Crippen LogP contribution in [0, 0.1) is 0 Å². The van der Waals surface area contributed by atoms with Gasteiger partial charge in [-0.25, -0.2) is 4.79 Å². The highest BCUT2D eigenvalue weighted by Gasteiger charge is 2.21. The van der Waals surface area contributed by atoms with E-state index in [0.29, 0.717) is 19.1 Å². The third-order valence-corrected chi connectivity index (χ3v) is 3.41. The van der Waals surface area contributed by atoms with Crippen molar-refractivity contribution in [2.75, 3.05) is 20.1 Å². The highest BCUT2D eigenvalue weighted by molar-refractivity contribution is 5.95. The Bertz CT molecular complexity index is 275. The SMILES string of the molecule is CCCCNC(=O)NC(=O)CN(C)C1CCCC1. The predicted octanol–water partition coefficient (Wildman–Crippen LogP) is 1.49. The van der Waals surface area contributed by atoms with Gasteiger partial charge >= 0.3 is 6.03 Å². The Morgan fingerprint density at radius 3 is 2.56 bits per heavy atom. The molecule has 0 unspecified atom stereocenters. The van der Waals surface area contributed by atoms with Gasteiger partial charge in [-0.1, -0.05) is 26.2 Å². The monoisotopic (exact) mass is 255 g/mol. The van der Waals surface area contributed by atoms with Gasteiger partial charge in [0.1, 0.15) is 0 Å². The van der Waals surface area contributed by atoms with Crippen LogP contribution in [0.2, 0.25) is 0 Å². The number of carbonyl (C=O) groups excluding carboxylic acids is 2. The van der Waals surface area contributed by atoms with Crippen LogP contribution >= 0.6 is 0 Å². The minimum Gasteiger partial charge on any atom is -0.338 e. The van der Waals surface area contributed by atoms with Crippen LogP contribution in [0.4, 0.5) is 4.79 Å². The van der Waals surface area contributed by atoms with E-state index in [4.69, 9.17) is 0 Å². The van der Waals surface area contributed by atoms with Crippen LogP contribution in [0.3, 0.4) is 0 Å². The molecule has 5 nitrogen and oxygen atoms in total. The van der Waals surface area contributed by atoms with Crippen LogP contribution in [0.1, 0.15) is 45.4 Å². The smallest absolute Gasteiger partial charge is 0.321 e. The summed E-state index contributed by atoms with van der Waals surface area (Å²) in [5.41, 5.74) is 0. The lowest BCUT2D eigenvalue weighted by molar-refractivity contribution is -0.121. The second-order valence-electron chi connectivity index (χ2n) is 5.01. The normalized spacial score (nSPS) is 15.9. The molecule has 1 fully saturated rings. The molecule has 0 saturated heterocycles. The molecule has 1 aliphatic carbocycles. The summed E-state index contributed by atoms with van der Waals surface area (Å²) >= 11 is 0. The first-order chi connectivity index (χ1) is 8.63. The lowest BCUT2D eigenvalue weighted by Crippen LogP contribution is -2.45. The van der Waals surface area contributed by atoms with Gasteiger partial charge in [0, 0.05) is 12.6 Å². The second kappa shape index (κ2) is 8.08. The molecule has 0 heterocycles. The molecular weight excluding hydrogens is 230 g/mol. The number of rotatable bonds is 6. The van der Waals surface area contributed by atoms with E-state index < -0.39 is 0 Å². The standard InChI is InChI=1S/C13H25N3O2/c1-3-4-9-14-13(18)15-12(17)10-16(2)11-7-5-6-8-11/h11H,3-10H2,1-2H3,(H2,14,15,17,18). The van der Waals surface area contributed by atoms with Gasteiger partial charge in [0.2, 0.25) is 5.91 Å². The maximum atomic E-state index is 11.6. The highest BCUT2D eigenvalue weighted by Crippen LogP contribution is 2.21. The summed E-state index contributed by atoms with van der Waals surface area (Å²) in [6.45, 7) is 2.97. The molecular formula is C13H25N3O2. The van der Waals surface area contributed by atoms with Gasteiger partial charge in [0.05, 0.1) is 6.54 Å². The van der Waals surface area contributed by atoms with Gasteiger partial charge in [-0.3, -0.25) is 15.0 Å². The number of imide groups is 1. The molecule has 0 aliphatic heterocycles. The number of nitrogens with one attached hydrogen (secondary N) is 2. The topological polar surface area (TPSA) is 61.4 Å². The summed E-state index contributed by atoms with van der Waals surface area (Å²) in [6.07, 6.45) is 6.77. The molecule has 2 N–H and O–H groups in total. The summed E-state index contributed by atoms with van der Waals surface area (Å²) in [6, 6.07) is 0.118. The van der Waals surface area contributed by atoms with E-state index in [1.807, 2.05) is 11.9 Å². The van der Waals surface area contributed by atoms with E-state index in [9.17, 15) is 9.59 Å². The van der Waals surface area contributed by atoms with Gasteiger partial charge < -0.3 is 5.32 Å². The largest absolute Gasteiger partial charge is 0.338 e. The number of carbonyl (C=O) groups is 2. The van der Waals surface area contributed by atoms with Crippen LogP contribution < -0.4 is 10.6 Å². The maximum absolute atomic E-state index is 11.6. The molecule has 1 rings (SSSR count). The Hall–Kier alpha value is -1.10. The first kappa shape index (κ1) is 15.0. The maximum Gasteiger partial charge on any atom is 0.321 e. The van der Waals surface area contributed by atoms with Crippen LogP contribution in [0.25, 0.3) is 0 Å². The highest BCUT2D eigenvalue weighted by atomic mass is 16.2. The summed E-state index contributed by atoms with van der Waals surface area (Å²) in [5.74, 6) is -0.224. The minimum atomic E-state index is -0.381. The Morgan fingerprint density at radius 2 is 1.94 bits per heavy atom. The number of hydrogen-bond acceptors (Lipinski definition) is 3. The van der Waals surface area contributed by atoms with Crippen molar-refractivity contribution in [2.24, 2.45) is 0 Å². The van der Waals surface area contributed by atoms with E-state index in [1.54, 1.807) is 0 Å². The molecule has 1 saturated carbocycles. The number of likely N-dealkylation sites (N-methyl/N-ethyl adjacent to an activating group) is 1. The predicted molar refractivity (Wildman–Crippen MR) is 71.3 cm³/mol.